The second kappa shape index (κ2) is 3.78. The Bertz CT molecular complexity index is 676. The topological polar surface area (TPSA) is 51.8 Å². The molecule has 0 aliphatic heterocycles. The second-order valence-electron chi connectivity index (χ2n) is 3.65. The highest BCUT2D eigenvalue weighted by atomic mass is 32.1. The highest BCUT2D eigenvalue weighted by Gasteiger charge is 2.06. The number of rotatable bonds is 1. The molecule has 0 spiro atoms. The second-order valence-corrected chi connectivity index (χ2v) is 4.45. The third-order valence-electron chi connectivity index (χ3n) is 2.52. The largest absolute Gasteiger partial charge is 0.388 e. The number of nitrogens with zero attached hydrogens (tertiary/aromatic N) is 2. The van der Waals surface area contributed by atoms with Crippen LogP contribution < -0.4 is 5.73 Å². The van der Waals surface area contributed by atoms with Crippen LogP contribution in [0.2, 0.25) is 0 Å². The van der Waals surface area contributed by atoms with Gasteiger partial charge >= 0.3 is 0 Å². The van der Waals surface area contributed by atoms with Gasteiger partial charge in [-0.15, -0.1) is 0 Å². The molecule has 1 aromatic carbocycles. The Hall–Kier alpha value is -2.01. The van der Waals surface area contributed by atoms with Gasteiger partial charge in [0.15, 0.2) is 0 Å². The van der Waals surface area contributed by atoms with Crippen LogP contribution in [0.3, 0.4) is 0 Å². The van der Waals surface area contributed by atoms with Crippen LogP contribution in [0.25, 0.3) is 22.2 Å². The molecule has 0 unspecified atom stereocenters. The van der Waals surface area contributed by atoms with Crippen LogP contribution in [-0.2, 0) is 0 Å². The van der Waals surface area contributed by atoms with Crippen molar-refractivity contribution in [2.24, 2.45) is 0 Å². The van der Waals surface area contributed by atoms with Crippen molar-refractivity contribution in [3.63, 3.8) is 0 Å². The van der Waals surface area contributed by atoms with Crippen LogP contribution >= 0.6 is 11.5 Å². The molecule has 2 aromatic heterocycles. The Morgan fingerprint density at radius 1 is 1.12 bits per heavy atom. The van der Waals surface area contributed by atoms with E-state index in [1.807, 2.05) is 6.07 Å². The van der Waals surface area contributed by atoms with Gasteiger partial charge in [-0.3, -0.25) is 4.98 Å². The first-order chi connectivity index (χ1) is 8.24. The lowest BCUT2D eigenvalue weighted by atomic mass is 10.1. The average Bonchev–Trinajstić information content (AvgIpc) is 2.72. The highest BCUT2D eigenvalue weighted by Crippen LogP contribution is 2.27. The monoisotopic (exact) mass is 245 g/mol. The number of fused-ring (bicyclic) bond motifs is 1. The van der Waals surface area contributed by atoms with Gasteiger partial charge in [-0.1, -0.05) is 12.1 Å². The Morgan fingerprint density at radius 3 is 2.65 bits per heavy atom. The van der Waals surface area contributed by atoms with E-state index in [9.17, 15) is 4.39 Å². The Morgan fingerprint density at radius 2 is 1.88 bits per heavy atom. The molecule has 17 heavy (non-hydrogen) atoms. The first kappa shape index (κ1) is 10.2. The van der Waals surface area contributed by atoms with E-state index >= 15 is 0 Å². The van der Waals surface area contributed by atoms with Crippen molar-refractivity contribution >= 4 is 27.6 Å². The molecule has 2 heterocycles. The fraction of sp³-hybridized carbons (Fsp3) is 0. The lowest BCUT2D eigenvalue weighted by molar-refractivity contribution is 0.628. The molecule has 0 aliphatic rings. The van der Waals surface area contributed by atoms with E-state index in [1.54, 1.807) is 18.3 Å². The molecule has 0 aliphatic carbocycles. The number of hydrogen-bond acceptors (Lipinski definition) is 4. The average molecular weight is 245 g/mol. The zero-order chi connectivity index (χ0) is 11.8. The summed E-state index contributed by atoms with van der Waals surface area (Å²) in [5.41, 5.74) is 9.04. The van der Waals surface area contributed by atoms with Gasteiger partial charge in [0.2, 0.25) is 0 Å². The van der Waals surface area contributed by atoms with Gasteiger partial charge < -0.3 is 5.73 Å². The summed E-state index contributed by atoms with van der Waals surface area (Å²) in [4.78, 5) is 4.27. The number of anilines is 1. The van der Waals surface area contributed by atoms with Crippen LogP contribution in [0.1, 0.15) is 0 Å². The molecule has 0 saturated heterocycles. The van der Waals surface area contributed by atoms with E-state index in [2.05, 4.69) is 9.36 Å². The molecule has 3 rings (SSSR count). The van der Waals surface area contributed by atoms with Gasteiger partial charge in [0, 0.05) is 11.8 Å². The lowest BCUT2D eigenvalue weighted by Crippen LogP contribution is -1.85. The summed E-state index contributed by atoms with van der Waals surface area (Å²) >= 11 is 1.23. The van der Waals surface area contributed by atoms with Crippen LogP contribution in [0.4, 0.5) is 9.39 Å². The maximum Gasteiger partial charge on any atom is 0.133 e. The number of benzene rings is 1. The predicted molar refractivity (Wildman–Crippen MR) is 67.2 cm³/mol. The Kier molecular flexibility index (Phi) is 2.26. The minimum Gasteiger partial charge on any atom is -0.388 e. The number of pyridine rings is 1. The van der Waals surface area contributed by atoms with E-state index < -0.39 is 0 Å². The molecule has 5 heteroatoms. The normalized spacial score (nSPS) is 10.9. The molecule has 3 nitrogen and oxygen atoms in total. The minimum atomic E-state index is -0.249. The molecule has 0 bridgehead atoms. The Labute approximate surface area is 101 Å². The van der Waals surface area contributed by atoms with Gasteiger partial charge in [0.1, 0.15) is 21.9 Å². The smallest absolute Gasteiger partial charge is 0.133 e. The van der Waals surface area contributed by atoms with Gasteiger partial charge in [0.05, 0.1) is 0 Å². The van der Waals surface area contributed by atoms with Gasteiger partial charge in [0.25, 0.3) is 0 Å². The van der Waals surface area contributed by atoms with Gasteiger partial charge in [-0.2, -0.15) is 4.37 Å². The quantitative estimate of drug-likeness (QED) is 0.716. The van der Waals surface area contributed by atoms with Crippen LogP contribution in [0.15, 0.2) is 36.5 Å². The number of aromatic nitrogens is 2. The molecule has 0 saturated carbocycles. The van der Waals surface area contributed by atoms with Crippen LogP contribution in [-0.4, -0.2) is 9.36 Å². The maximum atomic E-state index is 12.8. The summed E-state index contributed by atoms with van der Waals surface area (Å²) in [7, 11) is 0. The minimum absolute atomic E-state index is 0.249. The van der Waals surface area contributed by atoms with E-state index in [0.717, 1.165) is 22.2 Å². The fourth-order valence-corrected chi connectivity index (χ4v) is 2.23. The zero-order valence-corrected chi connectivity index (χ0v) is 9.54. The van der Waals surface area contributed by atoms with E-state index in [-0.39, 0.29) is 5.82 Å². The summed E-state index contributed by atoms with van der Waals surface area (Å²) in [5, 5.41) is 0.616. The predicted octanol–water partition coefficient (Wildman–Crippen LogP) is 3.08. The van der Waals surface area contributed by atoms with Crippen LogP contribution in [0, 0.1) is 5.82 Å². The fourth-order valence-electron chi connectivity index (χ4n) is 1.65. The van der Waals surface area contributed by atoms with Crippen LogP contribution in [0.5, 0.6) is 0 Å². The molecular weight excluding hydrogens is 237 g/mol. The van der Waals surface area contributed by atoms with E-state index in [4.69, 9.17) is 5.73 Å². The van der Waals surface area contributed by atoms with Crippen molar-refractivity contribution in [2.45, 2.75) is 0 Å². The number of halogens is 1. The summed E-state index contributed by atoms with van der Waals surface area (Å²) in [6.45, 7) is 0. The third kappa shape index (κ3) is 1.74. The molecule has 2 N–H and O–H groups in total. The SMILES string of the molecule is Nc1snc2cc(-c3ccc(F)cc3)cnc12. The van der Waals surface area contributed by atoms with Crippen molar-refractivity contribution in [1.82, 2.24) is 9.36 Å². The number of hydrogen-bond donors (Lipinski definition) is 1. The maximum absolute atomic E-state index is 12.8. The molecule has 0 fully saturated rings. The molecule has 0 radical (unpaired) electrons. The van der Waals surface area contributed by atoms with Crippen molar-refractivity contribution in [2.75, 3.05) is 5.73 Å². The first-order valence-electron chi connectivity index (χ1n) is 5.01. The molecule has 0 atom stereocenters. The third-order valence-corrected chi connectivity index (χ3v) is 3.20. The molecular formula is C12H8FN3S. The van der Waals surface area contributed by atoms with Gasteiger partial charge in [-0.05, 0) is 35.3 Å². The number of nitrogen functional groups attached to an aromatic ring is 1. The van der Waals surface area contributed by atoms with Crippen molar-refractivity contribution in [1.29, 1.82) is 0 Å². The first-order valence-corrected chi connectivity index (χ1v) is 5.78. The zero-order valence-electron chi connectivity index (χ0n) is 8.72. The van der Waals surface area contributed by atoms with Crippen molar-refractivity contribution in [3.05, 3.63) is 42.3 Å². The molecule has 0 amide bonds. The van der Waals surface area contributed by atoms with E-state index in [1.165, 1.54) is 23.7 Å². The highest BCUT2D eigenvalue weighted by molar-refractivity contribution is 7.11. The summed E-state index contributed by atoms with van der Waals surface area (Å²) in [6.07, 6.45) is 1.72. The van der Waals surface area contributed by atoms with Gasteiger partial charge in [-0.25, -0.2) is 4.39 Å². The summed E-state index contributed by atoms with van der Waals surface area (Å²) < 4.78 is 17.0. The molecule has 84 valence electrons. The summed E-state index contributed by atoms with van der Waals surface area (Å²) in [5.74, 6) is -0.249. The van der Waals surface area contributed by atoms with Crippen molar-refractivity contribution in [3.8, 4) is 11.1 Å². The number of nitrogens with two attached hydrogens (primary N) is 1. The molecule has 3 aromatic rings. The lowest BCUT2D eigenvalue weighted by Gasteiger charge is -2.00. The standard InChI is InChI=1S/C12H8FN3S/c13-9-3-1-7(2-4-9)8-5-10-11(15-6-8)12(14)17-16-10/h1-6H,14H2. The van der Waals surface area contributed by atoms with E-state index in [0.29, 0.717) is 5.00 Å². The summed E-state index contributed by atoms with van der Waals surface area (Å²) in [6, 6.07) is 8.19. The Balaban J connectivity index is 2.14. The van der Waals surface area contributed by atoms with Crippen molar-refractivity contribution < 1.29 is 4.39 Å².